The third-order valence-electron chi connectivity index (χ3n) is 3.92. The number of sulfonamides is 1. The highest BCUT2D eigenvalue weighted by atomic mass is 35.5. The summed E-state index contributed by atoms with van der Waals surface area (Å²) in [5.41, 5.74) is 6.60. The van der Waals surface area contributed by atoms with Gasteiger partial charge >= 0.3 is 0 Å². The Kier molecular flexibility index (Phi) is 4.74. The van der Waals surface area contributed by atoms with Crippen molar-refractivity contribution >= 4 is 21.6 Å². The molecular weight excluding hydrogens is 296 g/mol. The smallest absolute Gasteiger partial charge is 0.243 e. The van der Waals surface area contributed by atoms with Crippen molar-refractivity contribution in [3.8, 4) is 0 Å². The van der Waals surface area contributed by atoms with Gasteiger partial charge in [-0.25, -0.2) is 8.42 Å². The van der Waals surface area contributed by atoms with Crippen LogP contribution in [-0.4, -0.2) is 31.9 Å². The van der Waals surface area contributed by atoms with Crippen molar-refractivity contribution < 1.29 is 8.42 Å². The molecule has 0 amide bonds. The van der Waals surface area contributed by atoms with Crippen LogP contribution in [0, 0.1) is 12.8 Å². The second-order valence-electron chi connectivity index (χ2n) is 5.53. The lowest BCUT2D eigenvalue weighted by Crippen LogP contribution is -2.45. The molecule has 1 aliphatic heterocycles. The van der Waals surface area contributed by atoms with Gasteiger partial charge in [0.2, 0.25) is 10.0 Å². The van der Waals surface area contributed by atoms with Crippen LogP contribution in [0.15, 0.2) is 23.1 Å². The summed E-state index contributed by atoms with van der Waals surface area (Å²) in [7, 11) is -3.46. The van der Waals surface area contributed by atoms with Crippen LogP contribution in [-0.2, 0) is 10.0 Å². The van der Waals surface area contributed by atoms with Gasteiger partial charge in [-0.1, -0.05) is 11.6 Å². The van der Waals surface area contributed by atoms with Crippen LogP contribution in [0.3, 0.4) is 0 Å². The summed E-state index contributed by atoms with van der Waals surface area (Å²) in [6.45, 7) is 4.77. The molecule has 0 saturated carbocycles. The van der Waals surface area contributed by atoms with E-state index in [1.165, 1.54) is 0 Å². The van der Waals surface area contributed by atoms with E-state index in [0.717, 1.165) is 12.8 Å². The van der Waals surface area contributed by atoms with Crippen molar-refractivity contribution in [2.24, 2.45) is 11.7 Å². The molecule has 1 aliphatic rings. The van der Waals surface area contributed by atoms with E-state index in [2.05, 4.69) is 0 Å². The fourth-order valence-corrected chi connectivity index (χ4v) is 4.63. The minimum absolute atomic E-state index is 0.0133. The average molecular weight is 317 g/mol. The maximum Gasteiger partial charge on any atom is 0.243 e. The quantitative estimate of drug-likeness (QED) is 0.931. The van der Waals surface area contributed by atoms with Crippen LogP contribution in [0.2, 0.25) is 5.02 Å². The number of hydrogen-bond donors (Lipinski definition) is 1. The second kappa shape index (κ2) is 6.02. The maximum atomic E-state index is 12.7. The van der Waals surface area contributed by atoms with E-state index in [9.17, 15) is 8.42 Å². The highest BCUT2D eigenvalue weighted by Gasteiger charge is 2.32. The topological polar surface area (TPSA) is 63.4 Å². The standard InChI is InChI=1S/C14H21ClN2O2S/c1-10-8-13(15)5-6-14(10)20(18,19)17-7-3-4-12(9-17)11(2)16/h5-6,8,11-12H,3-4,7,9,16H2,1-2H3. The average Bonchev–Trinajstić information content (AvgIpc) is 2.38. The molecule has 1 aromatic rings. The number of piperidine rings is 1. The molecule has 1 aromatic carbocycles. The van der Waals surface area contributed by atoms with Gasteiger partial charge in [-0.3, -0.25) is 0 Å². The number of nitrogens with two attached hydrogens (primary N) is 1. The van der Waals surface area contributed by atoms with E-state index >= 15 is 0 Å². The third-order valence-corrected chi connectivity index (χ3v) is 6.18. The van der Waals surface area contributed by atoms with Gasteiger partial charge in [0.25, 0.3) is 0 Å². The SMILES string of the molecule is Cc1cc(Cl)ccc1S(=O)(=O)N1CCCC(C(C)N)C1. The summed E-state index contributed by atoms with van der Waals surface area (Å²) in [4.78, 5) is 0.340. The Morgan fingerprint density at radius 3 is 2.75 bits per heavy atom. The number of benzene rings is 1. The van der Waals surface area contributed by atoms with Crippen molar-refractivity contribution in [1.82, 2.24) is 4.31 Å². The molecule has 1 fully saturated rings. The summed E-state index contributed by atoms with van der Waals surface area (Å²) >= 11 is 5.89. The molecular formula is C14H21ClN2O2S. The van der Waals surface area contributed by atoms with Gasteiger partial charge < -0.3 is 5.73 Å². The normalized spacial score (nSPS) is 22.7. The van der Waals surface area contributed by atoms with Gasteiger partial charge in [-0.15, -0.1) is 0 Å². The molecule has 1 saturated heterocycles. The van der Waals surface area contributed by atoms with E-state index in [-0.39, 0.29) is 12.0 Å². The zero-order valence-electron chi connectivity index (χ0n) is 11.8. The second-order valence-corrected chi connectivity index (χ2v) is 7.88. The summed E-state index contributed by atoms with van der Waals surface area (Å²) < 4.78 is 27.0. The Bertz CT molecular complexity index is 587. The molecule has 20 heavy (non-hydrogen) atoms. The first-order valence-electron chi connectivity index (χ1n) is 6.84. The van der Waals surface area contributed by atoms with Gasteiger partial charge in [0.05, 0.1) is 4.90 Å². The lowest BCUT2D eigenvalue weighted by Gasteiger charge is -2.34. The van der Waals surface area contributed by atoms with E-state index in [0.29, 0.717) is 28.6 Å². The van der Waals surface area contributed by atoms with E-state index in [4.69, 9.17) is 17.3 Å². The lowest BCUT2D eigenvalue weighted by molar-refractivity contribution is 0.243. The predicted molar refractivity (Wildman–Crippen MR) is 81.3 cm³/mol. The molecule has 4 nitrogen and oxygen atoms in total. The van der Waals surface area contributed by atoms with E-state index in [1.54, 1.807) is 29.4 Å². The molecule has 2 atom stereocenters. The molecule has 1 heterocycles. The molecule has 0 aromatic heterocycles. The number of rotatable bonds is 3. The first kappa shape index (κ1) is 15.8. The molecule has 2 unspecified atom stereocenters. The Balaban J connectivity index is 2.30. The minimum Gasteiger partial charge on any atom is -0.328 e. The van der Waals surface area contributed by atoms with Crippen molar-refractivity contribution in [3.63, 3.8) is 0 Å². The summed E-state index contributed by atoms with van der Waals surface area (Å²) in [5.74, 6) is 0.228. The minimum atomic E-state index is -3.46. The van der Waals surface area contributed by atoms with Gasteiger partial charge in [0.15, 0.2) is 0 Å². The predicted octanol–water partition coefficient (Wildman–Crippen LogP) is 2.40. The van der Waals surface area contributed by atoms with Crippen molar-refractivity contribution in [2.45, 2.75) is 37.6 Å². The third kappa shape index (κ3) is 3.17. The van der Waals surface area contributed by atoms with Crippen molar-refractivity contribution in [1.29, 1.82) is 0 Å². The number of hydrogen-bond acceptors (Lipinski definition) is 3. The maximum absolute atomic E-state index is 12.7. The number of aryl methyl sites for hydroxylation is 1. The molecule has 6 heteroatoms. The zero-order chi connectivity index (χ0) is 14.9. The van der Waals surface area contributed by atoms with Gasteiger partial charge in [0, 0.05) is 24.2 Å². The van der Waals surface area contributed by atoms with Crippen LogP contribution < -0.4 is 5.73 Å². The van der Waals surface area contributed by atoms with E-state index < -0.39 is 10.0 Å². The van der Waals surface area contributed by atoms with Crippen molar-refractivity contribution in [2.75, 3.05) is 13.1 Å². The summed E-state index contributed by atoms with van der Waals surface area (Å²) in [6, 6.07) is 4.90. The van der Waals surface area contributed by atoms with E-state index in [1.807, 2.05) is 6.92 Å². The van der Waals surface area contributed by atoms with Crippen LogP contribution in [0.1, 0.15) is 25.3 Å². The highest BCUT2D eigenvalue weighted by molar-refractivity contribution is 7.89. The highest BCUT2D eigenvalue weighted by Crippen LogP contribution is 2.27. The van der Waals surface area contributed by atoms with Gasteiger partial charge in [-0.2, -0.15) is 4.31 Å². The summed E-state index contributed by atoms with van der Waals surface area (Å²) in [5, 5.41) is 0.550. The first-order valence-corrected chi connectivity index (χ1v) is 8.66. The Morgan fingerprint density at radius 2 is 2.15 bits per heavy atom. The van der Waals surface area contributed by atoms with Gasteiger partial charge in [0.1, 0.15) is 0 Å². The molecule has 0 radical (unpaired) electrons. The molecule has 2 rings (SSSR count). The fourth-order valence-electron chi connectivity index (χ4n) is 2.66. The zero-order valence-corrected chi connectivity index (χ0v) is 13.4. The number of nitrogens with zero attached hydrogens (tertiary/aromatic N) is 1. The Hall–Kier alpha value is -0.620. The first-order chi connectivity index (χ1) is 9.32. The van der Waals surface area contributed by atoms with Crippen LogP contribution in [0.5, 0.6) is 0 Å². The molecule has 0 bridgehead atoms. The largest absolute Gasteiger partial charge is 0.328 e. The monoisotopic (exact) mass is 316 g/mol. The molecule has 2 N–H and O–H groups in total. The lowest BCUT2D eigenvalue weighted by atomic mass is 9.93. The van der Waals surface area contributed by atoms with Crippen LogP contribution >= 0.6 is 11.6 Å². The molecule has 0 aliphatic carbocycles. The van der Waals surface area contributed by atoms with Crippen molar-refractivity contribution in [3.05, 3.63) is 28.8 Å². The molecule has 112 valence electrons. The summed E-state index contributed by atoms with van der Waals surface area (Å²) in [6.07, 6.45) is 1.85. The fraction of sp³-hybridized carbons (Fsp3) is 0.571. The molecule has 0 spiro atoms. The van der Waals surface area contributed by atoms with Gasteiger partial charge in [-0.05, 0) is 56.4 Å². The Morgan fingerprint density at radius 1 is 1.45 bits per heavy atom. The number of halogens is 1. The Labute approximate surface area is 126 Å². The van der Waals surface area contributed by atoms with Crippen LogP contribution in [0.4, 0.5) is 0 Å². The van der Waals surface area contributed by atoms with Crippen LogP contribution in [0.25, 0.3) is 0 Å².